The van der Waals surface area contributed by atoms with E-state index in [4.69, 9.17) is 17.0 Å². The van der Waals surface area contributed by atoms with Crippen molar-refractivity contribution < 1.29 is 14.6 Å². The lowest BCUT2D eigenvalue weighted by Crippen LogP contribution is -2.34. The fourth-order valence-corrected chi connectivity index (χ4v) is 2.08. The van der Waals surface area contributed by atoms with Gasteiger partial charge in [0.15, 0.2) is 5.11 Å². The molecule has 6 heteroatoms. The number of carbonyl (C=O) groups excluding carboxylic acids is 1. The maximum Gasteiger partial charge on any atom is 0.261 e. The zero-order valence-corrected chi connectivity index (χ0v) is 13.5. The minimum Gasteiger partial charge on any atom is -0.508 e. The SMILES string of the molecule is CCCOc1ccccc1C(=O)NC(=S)Nc1ccc(O)cc1. The van der Waals surface area contributed by atoms with Gasteiger partial charge in [-0.05, 0) is 55.0 Å². The zero-order chi connectivity index (χ0) is 16.7. The first kappa shape index (κ1) is 16.8. The smallest absolute Gasteiger partial charge is 0.261 e. The second kappa shape index (κ2) is 8.14. The van der Waals surface area contributed by atoms with Crippen molar-refractivity contribution in [3.05, 3.63) is 54.1 Å². The Morgan fingerprint density at radius 3 is 2.57 bits per heavy atom. The van der Waals surface area contributed by atoms with Crippen molar-refractivity contribution in [3.63, 3.8) is 0 Å². The fourth-order valence-electron chi connectivity index (χ4n) is 1.87. The molecule has 0 saturated heterocycles. The minimum atomic E-state index is -0.340. The first-order valence-electron chi connectivity index (χ1n) is 7.23. The van der Waals surface area contributed by atoms with E-state index in [0.717, 1.165) is 6.42 Å². The van der Waals surface area contributed by atoms with Gasteiger partial charge in [0.25, 0.3) is 5.91 Å². The van der Waals surface area contributed by atoms with Crippen LogP contribution in [0.15, 0.2) is 48.5 Å². The number of amides is 1. The van der Waals surface area contributed by atoms with Crippen LogP contribution < -0.4 is 15.4 Å². The molecular formula is C17H18N2O3S. The van der Waals surface area contributed by atoms with E-state index >= 15 is 0 Å². The molecule has 0 bridgehead atoms. The summed E-state index contributed by atoms with van der Waals surface area (Å²) < 4.78 is 5.57. The van der Waals surface area contributed by atoms with Gasteiger partial charge in [-0.25, -0.2) is 0 Å². The Labute approximate surface area is 140 Å². The Morgan fingerprint density at radius 2 is 1.87 bits per heavy atom. The highest BCUT2D eigenvalue weighted by Gasteiger charge is 2.13. The molecule has 0 fully saturated rings. The molecule has 3 N–H and O–H groups in total. The fraction of sp³-hybridized carbons (Fsp3) is 0.176. The monoisotopic (exact) mass is 330 g/mol. The van der Waals surface area contributed by atoms with Crippen molar-refractivity contribution in [1.29, 1.82) is 0 Å². The number of ether oxygens (including phenoxy) is 1. The number of benzene rings is 2. The number of anilines is 1. The van der Waals surface area contributed by atoms with Crippen LogP contribution >= 0.6 is 12.2 Å². The van der Waals surface area contributed by atoms with Crippen molar-refractivity contribution in [1.82, 2.24) is 5.32 Å². The lowest BCUT2D eigenvalue weighted by atomic mass is 10.2. The molecule has 2 aromatic rings. The summed E-state index contributed by atoms with van der Waals surface area (Å²) in [7, 11) is 0. The number of carbonyl (C=O) groups is 1. The molecule has 0 unspecified atom stereocenters. The quantitative estimate of drug-likeness (QED) is 0.579. The van der Waals surface area contributed by atoms with Gasteiger partial charge < -0.3 is 15.2 Å². The number of nitrogens with one attached hydrogen (secondary N) is 2. The molecule has 0 spiro atoms. The average Bonchev–Trinajstić information content (AvgIpc) is 2.55. The van der Waals surface area contributed by atoms with Crippen LogP contribution in [-0.4, -0.2) is 22.7 Å². The Hall–Kier alpha value is -2.60. The first-order chi connectivity index (χ1) is 11.1. The van der Waals surface area contributed by atoms with Gasteiger partial charge in [-0.15, -0.1) is 0 Å². The van der Waals surface area contributed by atoms with Crippen molar-refractivity contribution >= 4 is 28.9 Å². The number of phenolic OH excluding ortho intramolecular Hbond substituents is 1. The molecule has 0 radical (unpaired) electrons. The molecule has 0 aliphatic carbocycles. The third-order valence-electron chi connectivity index (χ3n) is 2.95. The average molecular weight is 330 g/mol. The van der Waals surface area contributed by atoms with E-state index in [-0.39, 0.29) is 16.8 Å². The Bertz CT molecular complexity index is 686. The van der Waals surface area contributed by atoms with Crippen LogP contribution in [0.3, 0.4) is 0 Å². The van der Waals surface area contributed by atoms with Crippen LogP contribution in [0.25, 0.3) is 0 Å². The van der Waals surface area contributed by atoms with Crippen molar-refractivity contribution in [2.45, 2.75) is 13.3 Å². The highest BCUT2D eigenvalue weighted by molar-refractivity contribution is 7.80. The predicted molar refractivity (Wildman–Crippen MR) is 94.0 cm³/mol. The molecule has 0 aliphatic heterocycles. The van der Waals surface area contributed by atoms with Crippen molar-refractivity contribution in [2.75, 3.05) is 11.9 Å². The number of para-hydroxylation sites is 1. The van der Waals surface area contributed by atoms with Gasteiger partial charge in [-0.2, -0.15) is 0 Å². The molecule has 0 atom stereocenters. The van der Waals surface area contributed by atoms with E-state index in [0.29, 0.717) is 23.6 Å². The van der Waals surface area contributed by atoms with E-state index in [1.165, 1.54) is 12.1 Å². The normalized spacial score (nSPS) is 9.96. The molecular weight excluding hydrogens is 312 g/mol. The minimum absolute atomic E-state index is 0.160. The molecule has 0 aromatic heterocycles. The Morgan fingerprint density at radius 1 is 1.17 bits per heavy atom. The second-order valence-corrected chi connectivity index (χ2v) is 5.21. The van der Waals surface area contributed by atoms with Gasteiger partial charge in [0.1, 0.15) is 11.5 Å². The Kier molecular flexibility index (Phi) is 5.94. The van der Waals surface area contributed by atoms with Crippen LogP contribution in [0, 0.1) is 0 Å². The molecule has 2 aromatic carbocycles. The van der Waals surface area contributed by atoms with E-state index in [2.05, 4.69) is 10.6 Å². The van der Waals surface area contributed by atoms with Gasteiger partial charge in [0, 0.05) is 5.69 Å². The van der Waals surface area contributed by atoms with Gasteiger partial charge in [-0.1, -0.05) is 19.1 Å². The van der Waals surface area contributed by atoms with Crippen LogP contribution in [0.1, 0.15) is 23.7 Å². The number of thiocarbonyl (C=S) groups is 1. The molecule has 0 aliphatic rings. The van der Waals surface area contributed by atoms with Crippen LogP contribution in [0.4, 0.5) is 5.69 Å². The molecule has 5 nitrogen and oxygen atoms in total. The largest absolute Gasteiger partial charge is 0.508 e. The molecule has 0 saturated carbocycles. The maximum absolute atomic E-state index is 12.3. The van der Waals surface area contributed by atoms with Gasteiger partial charge in [-0.3, -0.25) is 10.1 Å². The predicted octanol–water partition coefficient (Wildman–Crippen LogP) is 3.31. The van der Waals surface area contributed by atoms with Gasteiger partial charge >= 0.3 is 0 Å². The number of hydrogen-bond donors (Lipinski definition) is 3. The summed E-state index contributed by atoms with van der Waals surface area (Å²) in [5, 5.41) is 14.9. The second-order valence-electron chi connectivity index (χ2n) is 4.80. The summed E-state index contributed by atoms with van der Waals surface area (Å²) in [5.41, 5.74) is 1.10. The summed E-state index contributed by atoms with van der Waals surface area (Å²) in [4.78, 5) is 12.3. The van der Waals surface area contributed by atoms with Crippen LogP contribution in [0.2, 0.25) is 0 Å². The zero-order valence-electron chi connectivity index (χ0n) is 12.7. The lowest BCUT2D eigenvalue weighted by Gasteiger charge is -2.12. The van der Waals surface area contributed by atoms with E-state index in [9.17, 15) is 9.90 Å². The molecule has 2 rings (SSSR count). The first-order valence-corrected chi connectivity index (χ1v) is 7.64. The van der Waals surface area contributed by atoms with Crippen molar-refractivity contribution in [2.24, 2.45) is 0 Å². The summed E-state index contributed by atoms with van der Waals surface area (Å²) in [6.45, 7) is 2.54. The molecule has 1 amide bonds. The highest BCUT2D eigenvalue weighted by atomic mass is 32.1. The van der Waals surface area contributed by atoms with E-state index in [1.807, 2.05) is 13.0 Å². The molecule has 120 valence electrons. The summed E-state index contributed by atoms with van der Waals surface area (Å²) in [6.07, 6.45) is 0.858. The van der Waals surface area contributed by atoms with E-state index < -0.39 is 0 Å². The number of rotatable bonds is 5. The number of phenols is 1. The molecule has 23 heavy (non-hydrogen) atoms. The number of hydrogen-bond acceptors (Lipinski definition) is 4. The van der Waals surface area contributed by atoms with Crippen molar-refractivity contribution in [3.8, 4) is 11.5 Å². The summed E-state index contributed by atoms with van der Waals surface area (Å²) >= 11 is 5.13. The topological polar surface area (TPSA) is 70.6 Å². The Balaban J connectivity index is 2.01. The lowest BCUT2D eigenvalue weighted by molar-refractivity contribution is 0.0973. The summed E-state index contributed by atoms with van der Waals surface area (Å²) in [6, 6.07) is 13.4. The van der Waals surface area contributed by atoms with E-state index in [1.54, 1.807) is 30.3 Å². The third kappa shape index (κ3) is 4.96. The highest BCUT2D eigenvalue weighted by Crippen LogP contribution is 2.18. The van der Waals surface area contributed by atoms with Crippen LogP contribution in [0.5, 0.6) is 11.5 Å². The standard InChI is InChI=1S/C17H18N2O3S/c1-2-11-22-15-6-4-3-5-14(15)16(21)19-17(23)18-12-7-9-13(20)10-8-12/h3-10,20H,2,11H2,1H3,(H2,18,19,21,23). The maximum atomic E-state index is 12.3. The molecule has 0 heterocycles. The summed E-state index contributed by atoms with van der Waals surface area (Å²) in [5.74, 6) is 0.347. The van der Waals surface area contributed by atoms with Crippen LogP contribution in [-0.2, 0) is 0 Å². The van der Waals surface area contributed by atoms with Gasteiger partial charge in [0.05, 0.1) is 12.2 Å². The van der Waals surface area contributed by atoms with Gasteiger partial charge in [0.2, 0.25) is 0 Å². The third-order valence-corrected chi connectivity index (χ3v) is 3.15. The number of aromatic hydroxyl groups is 1.